The SMILES string of the molecule is CCn1nc(C)cc1C(=O)N1CCN(Cc2ccccc2Cl)CC1. The van der Waals surface area contributed by atoms with E-state index in [1.54, 1.807) is 4.68 Å². The Morgan fingerprint density at radius 2 is 1.92 bits per heavy atom. The summed E-state index contributed by atoms with van der Waals surface area (Å²) in [6, 6.07) is 9.81. The minimum atomic E-state index is 0.0786. The van der Waals surface area contributed by atoms with Gasteiger partial charge in [-0.25, -0.2) is 0 Å². The molecular weight excluding hydrogens is 324 g/mol. The van der Waals surface area contributed by atoms with Gasteiger partial charge in [-0.05, 0) is 31.5 Å². The largest absolute Gasteiger partial charge is 0.335 e. The number of aromatic nitrogens is 2. The number of piperazine rings is 1. The number of aryl methyl sites for hydroxylation is 2. The lowest BCUT2D eigenvalue weighted by molar-refractivity contribution is 0.0616. The van der Waals surface area contributed by atoms with Crippen molar-refractivity contribution in [1.29, 1.82) is 0 Å². The second kappa shape index (κ2) is 7.36. The Hall–Kier alpha value is -1.85. The summed E-state index contributed by atoms with van der Waals surface area (Å²) < 4.78 is 1.79. The Kier molecular flexibility index (Phi) is 5.21. The maximum atomic E-state index is 12.7. The standard InChI is InChI=1S/C18H23ClN4O/c1-3-23-17(12-14(2)20-23)18(24)22-10-8-21(9-11-22)13-15-6-4-5-7-16(15)19/h4-7,12H,3,8-11,13H2,1-2H3. The first kappa shape index (κ1) is 17.0. The molecule has 0 unspecified atom stereocenters. The lowest BCUT2D eigenvalue weighted by Crippen LogP contribution is -2.48. The van der Waals surface area contributed by atoms with Crippen molar-refractivity contribution in [3.8, 4) is 0 Å². The zero-order valence-electron chi connectivity index (χ0n) is 14.2. The van der Waals surface area contributed by atoms with Gasteiger partial charge < -0.3 is 4.90 Å². The molecule has 1 aliphatic rings. The van der Waals surface area contributed by atoms with Gasteiger partial charge >= 0.3 is 0 Å². The molecule has 1 aromatic carbocycles. The summed E-state index contributed by atoms with van der Waals surface area (Å²) in [7, 11) is 0. The lowest BCUT2D eigenvalue weighted by Gasteiger charge is -2.34. The highest BCUT2D eigenvalue weighted by Gasteiger charge is 2.25. The first-order chi connectivity index (χ1) is 11.6. The Balaban J connectivity index is 1.60. The number of carbonyl (C=O) groups is 1. The molecule has 2 aromatic rings. The molecule has 3 rings (SSSR count). The summed E-state index contributed by atoms with van der Waals surface area (Å²) >= 11 is 6.24. The maximum Gasteiger partial charge on any atom is 0.272 e. The Morgan fingerprint density at radius 3 is 2.58 bits per heavy atom. The third-order valence-electron chi connectivity index (χ3n) is 4.43. The zero-order valence-corrected chi connectivity index (χ0v) is 15.0. The molecule has 0 radical (unpaired) electrons. The normalized spacial score (nSPS) is 15.7. The molecule has 1 aliphatic heterocycles. The van der Waals surface area contributed by atoms with Gasteiger partial charge in [0.25, 0.3) is 5.91 Å². The summed E-state index contributed by atoms with van der Waals surface area (Å²) in [6.07, 6.45) is 0. The summed E-state index contributed by atoms with van der Waals surface area (Å²) in [4.78, 5) is 17.0. The summed E-state index contributed by atoms with van der Waals surface area (Å²) in [5, 5.41) is 5.17. The smallest absolute Gasteiger partial charge is 0.272 e. The van der Waals surface area contributed by atoms with Crippen molar-refractivity contribution >= 4 is 17.5 Å². The number of halogens is 1. The van der Waals surface area contributed by atoms with Crippen molar-refractivity contribution in [1.82, 2.24) is 19.6 Å². The second-order valence-corrected chi connectivity index (χ2v) is 6.55. The van der Waals surface area contributed by atoms with Crippen molar-refractivity contribution in [3.05, 3.63) is 52.3 Å². The van der Waals surface area contributed by atoms with E-state index in [1.807, 2.05) is 43.0 Å². The number of amides is 1. The van der Waals surface area contributed by atoms with Crippen molar-refractivity contribution < 1.29 is 4.79 Å². The fraction of sp³-hybridized carbons (Fsp3) is 0.444. The highest BCUT2D eigenvalue weighted by molar-refractivity contribution is 6.31. The number of hydrogen-bond donors (Lipinski definition) is 0. The summed E-state index contributed by atoms with van der Waals surface area (Å²) in [5.74, 6) is 0.0786. The first-order valence-electron chi connectivity index (χ1n) is 8.38. The molecule has 0 atom stereocenters. The van der Waals surface area contributed by atoms with Crippen LogP contribution in [0.25, 0.3) is 0 Å². The monoisotopic (exact) mass is 346 g/mol. The van der Waals surface area contributed by atoms with Crippen LogP contribution < -0.4 is 0 Å². The molecule has 1 aromatic heterocycles. The van der Waals surface area contributed by atoms with Crippen molar-refractivity contribution in [2.24, 2.45) is 0 Å². The van der Waals surface area contributed by atoms with Crippen LogP contribution in [-0.2, 0) is 13.1 Å². The van der Waals surface area contributed by atoms with Crippen LogP contribution in [0.2, 0.25) is 5.02 Å². The van der Waals surface area contributed by atoms with Gasteiger partial charge in [-0.15, -0.1) is 0 Å². The van der Waals surface area contributed by atoms with Crippen LogP contribution in [0.15, 0.2) is 30.3 Å². The van der Waals surface area contributed by atoms with Crippen molar-refractivity contribution in [3.63, 3.8) is 0 Å². The van der Waals surface area contributed by atoms with Gasteiger partial charge in [-0.3, -0.25) is 14.4 Å². The Bertz CT molecular complexity index is 720. The second-order valence-electron chi connectivity index (χ2n) is 6.15. The van der Waals surface area contributed by atoms with Crippen LogP contribution in [0.5, 0.6) is 0 Å². The summed E-state index contributed by atoms with van der Waals surface area (Å²) in [5.41, 5.74) is 2.71. The molecule has 6 heteroatoms. The van der Waals surface area contributed by atoms with Gasteiger partial charge in [-0.1, -0.05) is 29.8 Å². The minimum absolute atomic E-state index is 0.0786. The van der Waals surface area contributed by atoms with Crippen LogP contribution in [0.1, 0.15) is 28.7 Å². The summed E-state index contributed by atoms with van der Waals surface area (Å²) in [6.45, 7) is 8.64. The predicted molar refractivity (Wildman–Crippen MR) is 95.3 cm³/mol. The molecule has 0 bridgehead atoms. The van der Waals surface area contributed by atoms with Gasteiger partial charge in [0.05, 0.1) is 5.69 Å². The lowest BCUT2D eigenvalue weighted by atomic mass is 10.2. The molecular formula is C18H23ClN4O. The molecule has 1 saturated heterocycles. The van der Waals surface area contributed by atoms with Gasteiger partial charge in [0.15, 0.2) is 0 Å². The van der Waals surface area contributed by atoms with E-state index in [9.17, 15) is 4.79 Å². The fourth-order valence-corrected chi connectivity index (χ4v) is 3.29. The zero-order chi connectivity index (χ0) is 17.1. The number of carbonyl (C=O) groups excluding carboxylic acids is 1. The molecule has 24 heavy (non-hydrogen) atoms. The predicted octanol–water partition coefficient (Wildman–Crippen LogP) is 2.82. The number of hydrogen-bond acceptors (Lipinski definition) is 3. The first-order valence-corrected chi connectivity index (χ1v) is 8.75. The van der Waals surface area contributed by atoms with E-state index >= 15 is 0 Å². The van der Waals surface area contributed by atoms with E-state index in [1.165, 1.54) is 0 Å². The molecule has 0 spiro atoms. The Labute approximate surface area is 147 Å². The third-order valence-corrected chi connectivity index (χ3v) is 4.80. The number of nitrogens with zero attached hydrogens (tertiary/aromatic N) is 4. The minimum Gasteiger partial charge on any atom is -0.335 e. The Morgan fingerprint density at radius 1 is 1.21 bits per heavy atom. The molecule has 2 heterocycles. The third kappa shape index (κ3) is 3.62. The van der Waals surface area contributed by atoms with E-state index in [-0.39, 0.29) is 5.91 Å². The van der Waals surface area contributed by atoms with E-state index < -0.39 is 0 Å². The van der Waals surface area contributed by atoms with Crippen LogP contribution in [-0.4, -0.2) is 51.7 Å². The van der Waals surface area contributed by atoms with Crippen LogP contribution in [0.4, 0.5) is 0 Å². The molecule has 0 saturated carbocycles. The van der Waals surface area contributed by atoms with Gasteiger partial charge in [0.2, 0.25) is 0 Å². The van der Waals surface area contributed by atoms with Crippen LogP contribution in [0.3, 0.4) is 0 Å². The molecule has 0 aliphatic carbocycles. The molecule has 0 N–H and O–H groups in total. The molecule has 5 nitrogen and oxygen atoms in total. The van der Waals surface area contributed by atoms with E-state index in [2.05, 4.69) is 16.1 Å². The van der Waals surface area contributed by atoms with Gasteiger partial charge in [0.1, 0.15) is 5.69 Å². The van der Waals surface area contributed by atoms with E-state index in [4.69, 9.17) is 11.6 Å². The molecule has 128 valence electrons. The highest BCUT2D eigenvalue weighted by atomic mass is 35.5. The van der Waals surface area contributed by atoms with Gasteiger partial charge in [-0.2, -0.15) is 5.10 Å². The fourth-order valence-electron chi connectivity index (χ4n) is 3.10. The average Bonchev–Trinajstić information content (AvgIpc) is 2.98. The van der Waals surface area contributed by atoms with Crippen molar-refractivity contribution in [2.45, 2.75) is 26.9 Å². The average molecular weight is 347 g/mol. The van der Waals surface area contributed by atoms with E-state index in [0.717, 1.165) is 49.0 Å². The molecule has 1 fully saturated rings. The number of benzene rings is 1. The molecule has 1 amide bonds. The van der Waals surface area contributed by atoms with Gasteiger partial charge in [0, 0.05) is 44.3 Å². The van der Waals surface area contributed by atoms with Crippen molar-refractivity contribution in [2.75, 3.05) is 26.2 Å². The van der Waals surface area contributed by atoms with Crippen LogP contribution >= 0.6 is 11.6 Å². The highest BCUT2D eigenvalue weighted by Crippen LogP contribution is 2.18. The van der Waals surface area contributed by atoms with Crippen LogP contribution in [0, 0.1) is 6.92 Å². The van der Waals surface area contributed by atoms with E-state index in [0.29, 0.717) is 12.2 Å². The number of rotatable bonds is 4. The quantitative estimate of drug-likeness (QED) is 0.854. The topological polar surface area (TPSA) is 41.4 Å². The maximum absolute atomic E-state index is 12.7.